The highest BCUT2D eigenvalue weighted by molar-refractivity contribution is 6.31. The molecule has 0 unspecified atom stereocenters. The van der Waals surface area contributed by atoms with Gasteiger partial charge in [0.1, 0.15) is 5.84 Å². The zero-order chi connectivity index (χ0) is 15.2. The van der Waals surface area contributed by atoms with Crippen LogP contribution in [0.15, 0.2) is 18.2 Å². The van der Waals surface area contributed by atoms with Crippen molar-refractivity contribution in [3.05, 3.63) is 34.3 Å². The number of hydrogen-bond donors (Lipinski definition) is 3. The number of nitrogens with one attached hydrogen (secondary N) is 1. The third-order valence-electron chi connectivity index (χ3n) is 3.74. The van der Waals surface area contributed by atoms with Crippen molar-refractivity contribution in [1.82, 2.24) is 4.90 Å². The molecule has 116 valence electrons. The van der Waals surface area contributed by atoms with Crippen LogP contribution in [0.2, 0.25) is 5.02 Å². The number of ether oxygens (including phenoxy) is 1. The van der Waals surface area contributed by atoms with Crippen molar-refractivity contribution in [2.75, 3.05) is 26.3 Å². The van der Waals surface area contributed by atoms with Crippen molar-refractivity contribution >= 4 is 17.4 Å². The van der Waals surface area contributed by atoms with Crippen LogP contribution in [-0.4, -0.2) is 48.2 Å². The van der Waals surface area contributed by atoms with Crippen molar-refractivity contribution in [3.8, 4) is 0 Å². The van der Waals surface area contributed by atoms with E-state index in [1.54, 1.807) is 6.07 Å². The van der Waals surface area contributed by atoms with E-state index in [9.17, 15) is 0 Å². The first-order valence-electron chi connectivity index (χ1n) is 7.18. The summed E-state index contributed by atoms with van der Waals surface area (Å²) in [5.41, 5.74) is 7.16. The van der Waals surface area contributed by atoms with Gasteiger partial charge in [-0.1, -0.05) is 23.7 Å². The highest BCUT2D eigenvalue weighted by atomic mass is 35.5. The molecule has 1 fully saturated rings. The Labute approximate surface area is 130 Å². The lowest BCUT2D eigenvalue weighted by atomic mass is 10.1. The minimum atomic E-state index is 0.0327. The van der Waals surface area contributed by atoms with Crippen molar-refractivity contribution in [2.45, 2.75) is 25.5 Å². The Morgan fingerprint density at radius 2 is 2.14 bits per heavy atom. The highest BCUT2D eigenvalue weighted by Gasteiger charge is 2.20. The number of aliphatic hydroxyl groups excluding tert-OH is 1. The van der Waals surface area contributed by atoms with Gasteiger partial charge in [-0.05, 0) is 24.5 Å². The lowest BCUT2D eigenvalue weighted by Gasteiger charge is -2.32. The predicted molar refractivity (Wildman–Crippen MR) is 83.8 cm³/mol. The maximum atomic E-state index is 8.76. The van der Waals surface area contributed by atoms with Crippen LogP contribution in [0, 0.1) is 5.41 Å². The summed E-state index contributed by atoms with van der Waals surface area (Å²) in [6.07, 6.45) is 2.20. The molecular formula is C15H22ClN3O2. The van der Waals surface area contributed by atoms with Gasteiger partial charge in [-0.25, -0.2) is 0 Å². The maximum absolute atomic E-state index is 8.76. The fourth-order valence-corrected chi connectivity index (χ4v) is 2.78. The van der Waals surface area contributed by atoms with Gasteiger partial charge < -0.3 is 15.6 Å². The van der Waals surface area contributed by atoms with Gasteiger partial charge in [-0.15, -0.1) is 0 Å². The Morgan fingerprint density at radius 1 is 1.43 bits per heavy atom. The van der Waals surface area contributed by atoms with Gasteiger partial charge in [0.2, 0.25) is 0 Å². The van der Waals surface area contributed by atoms with Crippen molar-refractivity contribution < 1.29 is 9.84 Å². The third kappa shape index (κ3) is 4.68. The lowest BCUT2D eigenvalue weighted by molar-refractivity contribution is -0.00900. The summed E-state index contributed by atoms with van der Waals surface area (Å²) in [6.45, 7) is 3.22. The Morgan fingerprint density at radius 3 is 2.71 bits per heavy atom. The number of aliphatic hydroxyl groups is 1. The molecule has 0 bridgehead atoms. The van der Waals surface area contributed by atoms with Crippen LogP contribution in [0.3, 0.4) is 0 Å². The van der Waals surface area contributed by atoms with E-state index in [1.165, 1.54) is 0 Å². The molecule has 5 nitrogen and oxygen atoms in total. The molecule has 0 saturated carbocycles. The number of nitrogen functional groups attached to an aromatic ring is 1. The van der Waals surface area contributed by atoms with Gasteiger partial charge in [-0.2, -0.15) is 0 Å². The van der Waals surface area contributed by atoms with Crippen molar-refractivity contribution in [3.63, 3.8) is 0 Å². The van der Waals surface area contributed by atoms with Crippen LogP contribution >= 0.6 is 11.6 Å². The third-order valence-corrected chi connectivity index (χ3v) is 4.09. The number of benzene rings is 1. The molecule has 1 heterocycles. The van der Waals surface area contributed by atoms with Gasteiger partial charge in [-0.3, -0.25) is 10.3 Å². The summed E-state index contributed by atoms with van der Waals surface area (Å²) in [7, 11) is 0. The van der Waals surface area contributed by atoms with Gasteiger partial charge in [0.15, 0.2) is 0 Å². The molecule has 1 saturated heterocycles. The Balaban J connectivity index is 1.87. The number of nitrogens with zero attached hydrogens (tertiary/aromatic N) is 1. The number of piperidine rings is 1. The van der Waals surface area contributed by atoms with E-state index in [0.29, 0.717) is 17.2 Å². The van der Waals surface area contributed by atoms with Crippen molar-refractivity contribution in [2.24, 2.45) is 5.73 Å². The fourth-order valence-electron chi connectivity index (χ4n) is 2.54. The van der Waals surface area contributed by atoms with Gasteiger partial charge in [0.05, 0.1) is 19.3 Å². The van der Waals surface area contributed by atoms with Gasteiger partial charge >= 0.3 is 0 Å². The summed E-state index contributed by atoms with van der Waals surface area (Å²) in [6, 6.07) is 5.52. The molecule has 1 aliphatic rings. The van der Waals surface area contributed by atoms with Crippen LogP contribution in [-0.2, 0) is 11.3 Å². The fraction of sp³-hybridized carbons (Fsp3) is 0.533. The summed E-state index contributed by atoms with van der Waals surface area (Å²) in [5.74, 6) is 0.0327. The largest absolute Gasteiger partial charge is 0.394 e. The summed E-state index contributed by atoms with van der Waals surface area (Å²) >= 11 is 6.26. The van der Waals surface area contributed by atoms with E-state index in [1.807, 2.05) is 12.1 Å². The molecule has 0 aromatic heterocycles. The number of amidine groups is 1. The predicted octanol–water partition coefficient (Wildman–Crippen LogP) is 1.60. The van der Waals surface area contributed by atoms with E-state index in [2.05, 4.69) is 4.90 Å². The molecular weight excluding hydrogens is 290 g/mol. The minimum absolute atomic E-state index is 0.0327. The summed E-state index contributed by atoms with van der Waals surface area (Å²) < 4.78 is 5.56. The molecule has 21 heavy (non-hydrogen) atoms. The van der Waals surface area contributed by atoms with E-state index in [4.69, 9.17) is 32.6 Å². The van der Waals surface area contributed by atoms with E-state index in [-0.39, 0.29) is 18.5 Å². The quantitative estimate of drug-likeness (QED) is 0.550. The highest BCUT2D eigenvalue weighted by Crippen LogP contribution is 2.22. The molecule has 0 atom stereocenters. The molecule has 1 aromatic carbocycles. The maximum Gasteiger partial charge on any atom is 0.122 e. The first kappa shape index (κ1) is 16.2. The smallest absolute Gasteiger partial charge is 0.122 e. The average Bonchev–Trinajstić information content (AvgIpc) is 2.48. The van der Waals surface area contributed by atoms with E-state index < -0.39 is 0 Å². The second kappa shape index (κ2) is 7.75. The second-order valence-electron chi connectivity index (χ2n) is 5.29. The monoisotopic (exact) mass is 311 g/mol. The summed E-state index contributed by atoms with van der Waals surface area (Å²) in [5, 5.41) is 16.8. The standard InChI is InChI=1S/C15H22ClN3O2/c16-14-9-11(15(17)18)1-2-12(14)10-19-5-3-13(4-6-19)21-8-7-20/h1-2,9,13,20H,3-8,10H2,(H3,17,18). The number of rotatable bonds is 6. The van der Waals surface area contributed by atoms with Crippen molar-refractivity contribution in [1.29, 1.82) is 5.41 Å². The van der Waals surface area contributed by atoms with Crippen LogP contribution in [0.25, 0.3) is 0 Å². The molecule has 0 aliphatic carbocycles. The topological polar surface area (TPSA) is 82.6 Å². The van der Waals surface area contributed by atoms with Crippen LogP contribution in [0.4, 0.5) is 0 Å². The molecule has 2 rings (SSSR count). The second-order valence-corrected chi connectivity index (χ2v) is 5.70. The molecule has 1 aromatic rings. The molecule has 1 aliphatic heterocycles. The lowest BCUT2D eigenvalue weighted by Crippen LogP contribution is -2.37. The van der Waals surface area contributed by atoms with Gasteiger partial charge in [0.25, 0.3) is 0 Å². The number of nitrogens with two attached hydrogens (primary N) is 1. The zero-order valence-electron chi connectivity index (χ0n) is 12.0. The molecule has 4 N–H and O–H groups in total. The van der Waals surface area contributed by atoms with Crippen LogP contribution < -0.4 is 5.73 Å². The first-order valence-corrected chi connectivity index (χ1v) is 7.55. The molecule has 0 amide bonds. The Hall–Kier alpha value is -1.14. The molecule has 0 spiro atoms. The first-order chi connectivity index (χ1) is 10.1. The van der Waals surface area contributed by atoms with Crippen LogP contribution in [0.5, 0.6) is 0 Å². The average molecular weight is 312 g/mol. The normalized spacial score (nSPS) is 17.0. The zero-order valence-corrected chi connectivity index (χ0v) is 12.8. The van der Waals surface area contributed by atoms with E-state index >= 15 is 0 Å². The number of halogens is 1. The summed E-state index contributed by atoms with van der Waals surface area (Å²) in [4.78, 5) is 2.34. The molecule has 0 radical (unpaired) electrons. The molecule has 6 heteroatoms. The Kier molecular flexibility index (Phi) is 5.99. The SMILES string of the molecule is N=C(N)c1ccc(CN2CCC(OCCO)CC2)c(Cl)c1. The Bertz CT molecular complexity index is 488. The number of hydrogen-bond acceptors (Lipinski definition) is 4. The van der Waals surface area contributed by atoms with E-state index in [0.717, 1.165) is 38.0 Å². The van der Waals surface area contributed by atoms with Gasteiger partial charge in [0, 0.05) is 30.2 Å². The minimum Gasteiger partial charge on any atom is -0.394 e. The van der Waals surface area contributed by atoms with Crippen LogP contribution in [0.1, 0.15) is 24.0 Å². The number of likely N-dealkylation sites (tertiary alicyclic amines) is 1.